The fourth-order valence-corrected chi connectivity index (χ4v) is 6.83. The Balaban J connectivity index is 1.80. The molecule has 47 heavy (non-hydrogen) atoms. The Morgan fingerprint density at radius 2 is 1.55 bits per heavy atom. The summed E-state index contributed by atoms with van der Waals surface area (Å²) in [5.74, 6) is -1.08. The van der Waals surface area contributed by atoms with Crippen LogP contribution in [0.2, 0.25) is 0 Å². The SMILES string of the molecule is CCCNC(=O)C(Cc1ccccc1)N(Cc1ccccc1F)C(=O)CN(c1ccc(OCC)cc1)S(=O)(=O)c1ccc(SC)cc1. The molecule has 4 aromatic carbocycles. The van der Waals surface area contributed by atoms with Crippen LogP contribution in [0.5, 0.6) is 5.75 Å². The summed E-state index contributed by atoms with van der Waals surface area (Å²) in [6.45, 7) is 3.68. The van der Waals surface area contributed by atoms with Gasteiger partial charge in [-0.25, -0.2) is 12.8 Å². The molecule has 248 valence electrons. The number of nitrogens with one attached hydrogen (secondary N) is 1. The fourth-order valence-electron chi connectivity index (χ4n) is 5.01. The van der Waals surface area contributed by atoms with Crippen molar-refractivity contribution in [3.8, 4) is 5.75 Å². The Hall–Kier alpha value is -4.35. The van der Waals surface area contributed by atoms with Gasteiger partial charge >= 0.3 is 0 Å². The molecule has 0 aliphatic heterocycles. The van der Waals surface area contributed by atoms with Crippen LogP contribution >= 0.6 is 11.8 Å². The molecule has 0 heterocycles. The third-order valence-corrected chi connectivity index (χ3v) is 10.0. The van der Waals surface area contributed by atoms with Crippen molar-refractivity contribution in [1.82, 2.24) is 10.2 Å². The summed E-state index contributed by atoms with van der Waals surface area (Å²) >= 11 is 1.48. The largest absolute Gasteiger partial charge is 0.494 e. The lowest BCUT2D eigenvalue weighted by Gasteiger charge is -2.34. The van der Waals surface area contributed by atoms with E-state index in [0.29, 0.717) is 25.3 Å². The van der Waals surface area contributed by atoms with E-state index in [1.54, 1.807) is 54.6 Å². The highest BCUT2D eigenvalue weighted by Gasteiger charge is 2.35. The predicted octanol–water partition coefficient (Wildman–Crippen LogP) is 6.31. The van der Waals surface area contributed by atoms with Crippen LogP contribution in [0.3, 0.4) is 0 Å². The summed E-state index contributed by atoms with van der Waals surface area (Å²) in [6, 6.07) is 27.0. The Morgan fingerprint density at radius 3 is 2.17 bits per heavy atom. The zero-order valence-electron chi connectivity index (χ0n) is 26.8. The Labute approximate surface area is 281 Å². The maximum absolute atomic E-state index is 15.0. The van der Waals surface area contributed by atoms with Crippen molar-refractivity contribution in [2.75, 3.05) is 30.3 Å². The zero-order chi connectivity index (χ0) is 33.8. The third kappa shape index (κ3) is 9.36. The van der Waals surface area contributed by atoms with E-state index in [1.807, 2.05) is 50.4 Å². The first kappa shape index (κ1) is 35.5. The summed E-state index contributed by atoms with van der Waals surface area (Å²) < 4.78 is 50.1. The minimum Gasteiger partial charge on any atom is -0.494 e. The summed E-state index contributed by atoms with van der Waals surface area (Å²) in [5.41, 5.74) is 1.22. The second-order valence-electron chi connectivity index (χ2n) is 10.7. The molecule has 4 rings (SSSR count). The molecule has 2 amide bonds. The monoisotopic (exact) mass is 677 g/mol. The lowest BCUT2D eigenvalue weighted by molar-refractivity contribution is -0.140. The Kier molecular flexibility index (Phi) is 12.8. The topological polar surface area (TPSA) is 96.0 Å². The highest BCUT2D eigenvalue weighted by Crippen LogP contribution is 2.28. The molecule has 0 aliphatic carbocycles. The Morgan fingerprint density at radius 1 is 0.894 bits per heavy atom. The molecule has 0 fully saturated rings. The molecule has 1 atom stereocenters. The molecule has 1 unspecified atom stereocenters. The van der Waals surface area contributed by atoms with Crippen LogP contribution in [0.15, 0.2) is 113 Å². The van der Waals surface area contributed by atoms with Crippen molar-refractivity contribution in [2.24, 2.45) is 0 Å². The second-order valence-corrected chi connectivity index (χ2v) is 13.5. The van der Waals surface area contributed by atoms with Gasteiger partial charge in [0.1, 0.15) is 24.2 Å². The molecule has 0 spiro atoms. The van der Waals surface area contributed by atoms with Crippen molar-refractivity contribution in [2.45, 2.75) is 49.1 Å². The number of hydrogen-bond donors (Lipinski definition) is 1. The highest BCUT2D eigenvalue weighted by molar-refractivity contribution is 7.98. The molecule has 1 N–H and O–H groups in total. The summed E-state index contributed by atoms with van der Waals surface area (Å²) in [4.78, 5) is 30.4. The second kappa shape index (κ2) is 17.0. The molecule has 0 aromatic heterocycles. The van der Waals surface area contributed by atoms with Gasteiger partial charge in [-0.15, -0.1) is 11.8 Å². The number of ether oxygens (including phenoxy) is 1. The number of anilines is 1. The average molecular weight is 678 g/mol. The van der Waals surface area contributed by atoms with E-state index in [2.05, 4.69) is 5.32 Å². The maximum Gasteiger partial charge on any atom is 0.264 e. The van der Waals surface area contributed by atoms with Crippen LogP contribution < -0.4 is 14.4 Å². The van der Waals surface area contributed by atoms with E-state index >= 15 is 4.39 Å². The normalized spacial score (nSPS) is 11.8. The highest BCUT2D eigenvalue weighted by atomic mass is 32.2. The number of hydrogen-bond acceptors (Lipinski definition) is 6. The van der Waals surface area contributed by atoms with E-state index in [1.165, 1.54) is 34.9 Å². The molecule has 0 aliphatic rings. The van der Waals surface area contributed by atoms with Crippen LogP contribution in [-0.4, -0.2) is 57.1 Å². The summed E-state index contributed by atoms with van der Waals surface area (Å²) in [7, 11) is -4.27. The number of rotatable bonds is 16. The lowest BCUT2D eigenvalue weighted by Crippen LogP contribution is -2.53. The van der Waals surface area contributed by atoms with Gasteiger partial charge in [0.25, 0.3) is 10.0 Å². The first-order valence-corrected chi connectivity index (χ1v) is 18.1. The Bertz CT molecular complexity index is 1720. The van der Waals surface area contributed by atoms with Gasteiger partial charge in [-0.05, 0) is 79.8 Å². The van der Waals surface area contributed by atoms with Gasteiger partial charge in [0.05, 0.1) is 17.2 Å². The number of sulfonamides is 1. The minimum atomic E-state index is -4.27. The molecular formula is C36H40FN3O5S2. The summed E-state index contributed by atoms with van der Waals surface area (Å²) in [6.07, 6.45) is 2.70. The van der Waals surface area contributed by atoms with Crippen molar-refractivity contribution in [3.05, 3.63) is 120 Å². The van der Waals surface area contributed by atoms with Gasteiger partial charge in [-0.1, -0.05) is 55.5 Å². The van der Waals surface area contributed by atoms with E-state index in [9.17, 15) is 18.0 Å². The quantitative estimate of drug-likeness (QED) is 0.140. The number of thioether (sulfide) groups is 1. The number of carbonyl (C=O) groups excluding carboxylic acids is 2. The molecule has 0 saturated heterocycles. The molecular weight excluding hydrogens is 638 g/mol. The van der Waals surface area contributed by atoms with Crippen LogP contribution in [-0.2, 0) is 32.6 Å². The number of amides is 2. The zero-order valence-corrected chi connectivity index (χ0v) is 28.4. The maximum atomic E-state index is 15.0. The predicted molar refractivity (Wildman–Crippen MR) is 185 cm³/mol. The number of carbonyl (C=O) groups is 2. The summed E-state index contributed by atoms with van der Waals surface area (Å²) in [5, 5.41) is 2.88. The first-order valence-electron chi connectivity index (χ1n) is 15.4. The average Bonchev–Trinajstić information content (AvgIpc) is 3.09. The first-order chi connectivity index (χ1) is 22.7. The van der Waals surface area contributed by atoms with Gasteiger partial charge in [0.2, 0.25) is 11.8 Å². The number of nitrogens with zero attached hydrogens (tertiary/aromatic N) is 2. The number of halogens is 1. The van der Waals surface area contributed by atoms with Crippen LogP contribution in [0, 0.1) is 5.82 Å². The van der Waals surface area contributed by atoms with Crippen molar-refractivity contribution >= 4 is 39.3 Å². The van der Waals surface area contributed by atoms with E-state index in [-0.39, 0.29) is 29.1 Å². The molecule has 8 nitrogen and oxygen atoms in total. The van der Waals surface area contributed by atoms with Gasteiger partial charge in [-0.2, -0.15) is 0 Å². The molecule has 11 heteroatoms. The van der Waals surface area contributed by atoms with E-state index < -0.39 is 40.2 Å². The van der Waals surface area contributed by atoms with Crippen molar-refractivity contribution in [1.29, 1.82) is 0 Å². The van der Waals surface area contributed by atoms with Gasteiger partial charge in [0, 0.05) is 30.0 Å². The lowest BCUT2D eigenvalue weighted by atomic mass is 10.0. The van der Waals surface area contributed by atoms with Crippen LogP contribution in [0.25, 0.3) is 0 Å². The van der Waals surface area contributed by atoms with Gasteiger partial charge in [0.15, 0.2) is 0 Å². The fraction of sp³-hybridized carbons (Fsp3) is 0.278. The van der Waals surface area contributed by atoms with E-state index in [4.69, 9.17) is 4.74 Å². The number of benzene rings is 4. The molecule has 4 aromatic rings. The van der Waals surface area contributed by atoms with Crippen LogP contribution in [0.4, 0.5) is 10.1 Å². The van der Waals surface area contributed by atoms with Gasteiger partial charge in [-0.3, -0.25) is 13.9 Å². The standard InChI is InChI=1S/C36H40FN3O5S2/c1-4-23-38-36(42)34(24-27-11-7-6-8-12-27)39(25-28-13-9-10-14-33(28)37)35(41)26-40(29-15-17-30(18-16-29)45-5-2)47(43,44)32-21-19-31(46-3)20-22-32/h6-22,34H,4-5,23-26H2,1-3H3,(H,38,42). The third-order valence-electron chi connectivity index (χ3n) is 7.48. The van der Waals surface area contributed by atoms with Crippen molar-refractivity contribution < 1.29 is 27.1 Å². The minimum absolute atomic E-state index is 0.000775. The van der Waals surface area contributed by atoms with Crippen molar-refractivity contribution in [3.63, 3.8) is 0 Å². The van der Waals surface area contributed by atoms with Crippen LogP contribution in [0.1, 0.15) is 31.4 Å². The molecule has 0 bridgehead atoms. The smallest absolute Gasteiger partial charge is 0.264 e. The van der Waals surface area contributed by atoms with Gasteiger partial charge < -0.3 is 15.0 Å². The van der Waals surface area contributed by atoms with E-state index in [0.717, 1.165) is 14.8 Å². The molecule has 0 saturated carbocycles. The molecule has 0 radical (unpaired) electrons.